The maximum atomic E-state index is 12.1. The fourth-order valence-corrected chi connectivity index (χ4v) is 2.99. The van der Waals surface area contributed by atoms with Gasteiger partial charge in [-0.05, 0) is 29.8 Å². The van der Waals surface area contributed by atoms with E-state index < -0.39 is 22.8 Å². The fraction of sp³-hybridized carbons (Fsp3) is 0.143. The molecule has 2 aromatic rings. The Morgan fingerprint density at radius 2 is 1.65 bits per heavy atom. The van der Waals surface area contributed by atoms with Gasteiger partial charge >= 0.3 is 0 Å². The van der Waals surface area contributed by atoms with E-state index in [4.69, 9.17) is 4.18 Å². The zero-order chi connectivity index (χ0) is 14.6. The number of aliphatic hydroxyl groups is 1. The van der Waals surface area contributed by atoms with Crippen LogP contribution in [0.15, 0.2) is 64.0 Å². The standard InChI is InChI=1S/C14H13BrO4S/c15-12-6-8-13(9-7-12)20(17,18)19-14(10-16)11-4-2-1-3-5-11/h1-9,14,16H,10H2/t14-/m1/s1. The van der Waals surface area contributed by atoms with Crippen molar-refractivity contribution < 1.29 is 17.7 Å². The van der Waals surface area contributed by atoms with Gasteiger partial charge in [0.05, 0.1) is 11.5 Å². The zero-order valence-electron chi connectivity index (χ0n) is 10.4. The van der Waals surface area contributed by atoms with Crippen LogP contribution in [0.5, 0.6) is 0 Å². The van der Waals surface area contributed by atoms with Gasteiger partial charge in [0.15, 0.2) is 0 Å². The minimum Gasteiger partial charge on any atom is -0.393 e. The topological polar surface area (TPSA) is 63.6 Å². The van der Waals surface area contributed by atoms with Crippen molar-refractivity contribution in [3.63, 3.8) is 0 Å². The van der Waals surface area contributed by atoms with Crippen molar-refractivity contribution in [2.75, 3.05) is 6.61 Å². The lowest BCUT2D eigenvalue weighted by molar-refractivity contribution is 0.122. The van der Waals surface area contributed by atoms with Crippen LogP contribution in [0.3, 0.4) is 0 Å². The molecule has 2 rings (SSSR count). The third-order valence-corrected chi connectivity index (χ3v) is 4.55. The van der Waals surface area contributed by atoms with Crippen LogP contribution in [0.25, 0.3) is 0 Å². The van der Waals surface area contributed by atoms with Crippen LogP contribution in [0.1, 0.15) is 11.7 Å². The van der Waals surface area contributed by atoms with Crippen molar-refractivity contribution in [3.8, 4) is 0 Å². The summed E-state index contributed by atoms with van der Waals surface area (Å²) < 4.78 is 30.2. The number of hydrogen-bond acceptors (Lipinski definition) is 4. The van der Waals surface area contributed by atoms with E-state index in [9.17, 15) is 13.5 Å². The molecule has 0 spiro atoms. The molecule has 2 aromatic carbocycles. The van der Waals surface area contributed by atoms with Crippen LogP contribution in [0.2, 0.25) is 0 Å². The summed E-state index contributed by atoms with van der Waals surface area (Å²) in [4.78, 5) is 0.0510. The summed E-state index contributed by atoms with van der Waals surface area (Å²) in [6.07, 6.45) is -0.912. The molecule has 0 amide bonds. The van der Waals surface area contributed by atoms with Crippen molar-refractivity contribution in [2.24, 2.45) is 0 Å². The highest BCUT2D eigenvalue weighted by molar-refractivity contribution is 9.10. The molecule has 106 valence electrons. The van der Waals surface area contributed by atoms with E-state index in [1.165, 1.54) is 12.1 Å². The molecule has 0 heterocycles. The molecule has 0 radical (unpaired) electrons. The smallest absolute Gasteiger partial charge is 0.297 e. The number of hydrogen-bond donors (Lipinski definition) is 1. The second kappa shape index (κ2) is 6.49. The summed E-state index contributed by atoms with van der Waals surface area (Å²) in [5.74, 6) is 0. The molecule has 0 aliphatic rings. The molecule has 0 saturated carbocycles. The first-order chi connectivity index (χ1) is 9.53. The van der Waals surface area contributed by atoms with Gasteiger partial charge in [0.2, 0.25) is 0 Å². The lowest BCUT2D eigenvalue weighted by Crippen LogP contribution is -2.15. The first kappa shape index (κ1) is 15.2. The molecule has 4 nitrogen and oxygen atoms in total. The van der Waals surface area contributed by atoms with Crippen LogP contribution in [0.4, 0.5) is 0 Å². The molecule has 6 heteroatoms. The normalized spacial score (nSPS) is 13.1. The molecular weight excluding hydrogens is 344 g/mol. The van der Waals surface area contributed by atoms with E-state index >= 15 is 0 Å². The average Bonchev–Trinajstić information content (AvgIpc) is 2.46. The maximum absolute atomic E-state index is 12.1. The van der Waals surface area contributed by atoms with E-state index in [2.05, 4.69) is 15.9 Å². The Bertz CT molecular complexity index is 653. The highest BCUT2D eigenvalue weighted by Crippen LogP contribution is 2.24. The summed E-state index contributed by atoms with van der Waals surface area (Å²) in [5, 5.41) is 9.34. The van der Waals surface area contributed by atoms with Crippen LogP contribution in [-0.4, -0.2) is 20.1 Å². The first-order valence-corrected chi connectivity index (χ1v) is 8.08. The van der Waals surface area contributed by atoms with E-state index in [-0.39, 0.29) is 4.90 Å². The Hall–Kier alpha value is -1.21. The Balaban J connectivity index is 2.24. The van der Waals surface area contributed by atoms with Gasteiger partial charge in [0.25, 0.3) is 10.1 Å². The van der Waals surface area contributed by atoms with E-state index in [1.54, 1.807) is 42.5 Å². The van der Waals surface area contributed by atoms with E-state index in [0.29, 0.717) is 5.56 Å². The molecule has 0 fully saturated rings. The Kier molecular flexibility index (Phi) is 4.93. The third-order valence-electron chi connectivity index (χ3n) is 2.68. The van der Waals surface area contributed by atoms with E-state index in [1.807, 2.05) is 0 Å². The molecule has 1 atom stereocenters. The number of halogens is 1. The largest absolute Gasteiger partial charge is 0.393 e. The predicted octanol–water partition coefficient (Wildman–Crippen LogP) is 2.89. The first-order valence-electron chi connectivity index (χ1n) is 5.87. The molecule has 20 heavy (non-hydrogen) atoms. The Labute approximate surface area is 126 Å². The molecule has 0 aliphatic heterocycles. The fourth-order valence-electron chi connectivity index (χ4n) is 1.67. The summed E-state index contributed by atoms with van der Waals surface area (Å²) in [6, 6.07) is 14.9. The van der Waals surface area contributed by atoms with Gasteiger partial charge in [0, 0.05) is 4.47 Å². The molecule has 1 N–H and O–H groups in total. The van der Waals surface area contributed by atoms with E-state index in [0.717, 1.165) is 4.47 Å². The van der Waals surface area contributed by atoms with Gasteiger partial charge in [-0.15, -0.1) is 0 Å². The van der Waals surface area contributed by atoms with Gasteiger partial charge in [-0.25, -0.2) is 0 Å². The lowest BCUT2D eigenvalue weighted by Gasteiger charge is -2.15. The van der Waals surface area contributed by atoms with Gasteiger partial charge in [0.1, 0.15) is 6.10 Å². The number of benzene rings is 2. The minimum absolute atomic E-state index is 0.0510. The van der Waals surface area contributed by atoms with Crippen LogP contribution < -0.4 is 0 Å². The predicted molar refractivity (Wildman–Crippen MR) is 78.7 cm³/mol. The zero-order valence-corrected chi connectivity index (χ0v) is 12.8. The number of aliphatic hydroxyl groups excluding tert-OH is 1. The van der Waals surface area contributed by atoms with Crippen molar-refractivity contribution in [1.82, 2.24) is 0 Å². The summed E-state index contributed by atoms with van der Waals surface area (Å²) in [6.45, 7) is -0.417. The van der Waals surface area contributed by atoms with Crippen LogP contribution in [-0.2, 0) is 14.3 Å². The highest BCUT2D eigenvalue weighted by Gasteiger charge is 2.22. The lowest BCUT2D eigenvalue weighted by atomic mass is 10.1. The quantitative estimate of drug-likeness (QED) is 0.836. The molecular formula is C14H13BrO4S. The third kappa shape index (κ3) is 3.67. The van der Waals surface area contributed by atoms with Gasteiger partial charge < -0.3 is 5.11 Å². The van der Waals surface area contributed by atoms with Crippen molar-refractivity contribution in [3.05, 3.63) is 64.6 Å². The molecule has 0 aromatic heterocycles. The van der Waals surface area contributed by atoms with Gasteiger partial charge in [-0.3, -0.25) is 4.18 Å². The molecule has 0 aliphatic carbocycles. The van der Waals surface area contributed by atoms with Crippen molar-refractivity contribution in [1.29, 1.82) is 0 Å². The average molecular weight is 357 g/mol. The molecule has 0 unspecified atom stereocenters. The maximum Gasteiger partial charge on any atom is 0.297 e. The Morgan fingerprint density at radius 3 is 2.20 bits per heavy atom. The van der Waals surface area contributed by atoms with Gasteiger partial charge in [-0.1, -0.05) is 46.3 Å². The second-order valence-electron chi connectivity index (χ2n) is 4.09. The monoisotopic (exact) mass is 356 g/mol. The molecule has 0 saturated heterocycles. The van der Waals surface area contributed by atoms with Crippen molar-refractivity contribution >= 4 is 26.0 Å². The Morgan fingerprint density at radius 1 is 1.05 bits per heavy atom. The summed E-state index contributed by atoms with van der Waals surface area (Å²) in [7, 11) is -3.92. The minimum atomic E-state index is -3.92. The molecule has 0 bridgehead atoms. The number of rotatable bonds is 5. The van der Waals surface area contributed by atoms with Crippen LogP contribution >= 0.6 is 15.9 Å². The second-order valence-corrected chi connectivity index (χ2v) is 6.57. The van der Waals surface area contributed by atoms with Crippen molar-refractivity contribution in [2.45, 2.75) is 11.0 Å². The SMILES string of the molecule is O=S(=O)(O[C@H](CO)c1ccccc1)c1ccc(Br)cc1. The summed E-state index contributed by atoms with van der Waals surface area (Å²) in [5.41, 5.74) is 0.607. The summed E-state index contributed by atoms with van der Waals surface area (Å²) >= 11 is 3.24. The van der Waals surface area contributed by atoms with Gasteiger partial charge in [-0.2, -0.15) is 8.42 Å². The van der Waals surface area contributed by atoms with Crippen LogP contribution in [0, 0.1) is 0 Å². The highest BCUT2D eigenvalue weighted by atomic mass is 79.9.